The minimum absolute atomic E-state index is 0.260. The summed E-state index contributed by atoms with van der Waals surface area (Å²) < 4.78 is 24.9. The average molecular weight is 331 g/mol. The normalized spacial score (nSPS) is 11.9. The van der Waals surface area contributed by atoms with Gasteiger partial charge in [0.2, 0.25) is 5.91 Å². The first kappa shape index (κ1) is 18.2. The molecule has 3 N–H and O–H groups in total. The fourth-order valence-electron chi connectivity index (χ4n) is 1.59. The van der Waals surface area contributed by atoms with E-state index in [0.29, 0.717) is 18.3 Å². The highest BCUT2D eigenvalue weighted by Gasteiger charge is 2.16. The van der Waals surface area contributed by atoms with Crippen molar-refractivity contribution in [1.29, 1.82) is 0 Å². The monoisotopic (exact) mass is 331 g/mol. The third-order valence-electron chi connectivity index (χ3n) is 2.64. The Morgan fingerprint density at radius 1 is 1.27 bits per heavy atom. The Balaban J connectivity index is 2.60. The molecule has 122 valence electrons. The third kappa shape index (κ3) is 6.30. The minimum atomic E-state index is -2.58. The van der Waals surface area contributed by atoms with Crippen molar-refractivity contribution in [1.82, 2.24) is 10.6 Å². The van der Waals surface area contributed by atoms with Crippen LogP contribution in [0.2, 0.25) is 0 Å². The van der Waals surface area contributed by atoms with Crippen LogP contribution in [0.15, 0.2) is 29.2 Å². The molecule has 3 amide bonds. The van der Waals surface area contributed by atoms with Crippen LogP contribution in [0.25, 0.3) is 0 Å². The number of rotatable bonds is 7. The Morgan fingerprint density at radius 2 is 1.95 bits per heavy atom. The molecule has 0 unspecified atom stereocenters. The van der Waals surface area contributed by atoms with E-state index in [-0.39, 0.29) is 16.5 Å². The molecule has 22 heavy (non-hydrogen) atoms. The molecule has 0 aromatic heterocycles. The summed E-state index contributed by atoms with van der Waals surface area (Å²) in [6.45, 7) is 3.99. The summed E-state index contributed by atoms with van der Waals surface area (Å²) in [5, 5.41) is 7.59. The van der Waals surface area contributed by atoms with E-state index in [1.807, 2.05) is 6.92 Å². The van der Waals surface area contributed by atoms with Crippen LogP contribution in [0.3, 0.4) is 0 Å². The van der Waals surface area contributed by atoms with Gasteiger partial charge in [-0.1, -0.05) is 30.8 Å². The number of amides is 3. The predicted octanol–water partition coefficient (Wildman–Crippen LogP) is 3.04. The number of benzene rings is 1. The van der Waals surface area contributed by atoms with Crippen molar-refractivity contribution < 1.29 is 18.4 Å². The summed E-state index contributed by atoms with van der Waals surface area (Å²) in [4.78, 5) is 23.7. The lowest BCUT2D eigenvalue weighted by molar-refractivity contribution is -0.122. The molecule has 0 spiro atoms. The van der Waals surface area contributed by atoms with Crippen LogP contribution >= 0.6 is 11.8 Å². The molecular weight excluding hydrogens is 312 g/mol. The molecule has 0 saturated carbocycles. The number of anilines is 1. The van der Waals surface area contributed by atoms with E-state index in [2.05, 4.69) is 16.0 Å². The fraction of sp³-hybridized carbons (Fsp3) is 0.429. The zero-order chi connectivity index (χ0) is 16.5. The summed E-state index contributed by atoms with van der Waals surface area (Å²) in [6, 6.07) is 4.90. The van der Waals surface area contributed by atoms with E-state index in [9.17, 15) is 18.4 Å². The van der Waals surface area contributed by atoms with Gasteiger partial charge >= 0.3 is 6.03 Å². The fourth-order valence-corrected chi connectivity index (χ4v) is 2.19. The number of alkyl halides is 2. The Labute approximate surface area is 132 Å². The molecule has 0 aliphatic carbocycles. The standard InChI is InChI=1S/C14H19F2N3O2S/c1-3-8-17-12(20)9(2)18-14(21)19-10-6-4-5-7-11(10)22-13(15)16/h4-7,9,13H,3,8H2,1-2H3,(H,17,20)(H2,18,19,21)/t9-/m0/s1. The van der Waals surface area contributed by atoms with E-state index in [0.717, 1.165) is 6.42 Å². The van der Waals surface area contributed by atoms with Gasteiger partial charge in [0, 0.05) is 11.4 Å². The van der Waals surface area contributed by atoms with Crippen molar-refractivity contribution >= 4 is 29.4 Å². The SMILES string of the molecule is CCCNC(=O)[C@H](C)NC(=O)Nc1ccccc1SC(F)F. The lowest BCUT2D eigenvalue weighted by atomic mass is 10.3. The van der Waals surface area contributed by atoms with Crippen LogP contribution in [0, 0.1) is 0 Å². The van der Waals surface area contributed by atoms with Crippen LogP contribution < -0.4 is 16.0 Å². The number of hydrogen-bond acceptors (Lipinski definition) is 3. The first-order valence-electron chi connectivity index (χ1n) is 6.83. The molecule has 0 bridgehead atoms. The second kappa shape index (κ2) is 9.24. The van der Waals surface area contributed by atoms with E-state index in [1.165, 1.54) is 12.1 Å². The maximum atomic E-state index is 12.5. The quantitative estimate of drug-likeness (QED) is 0.673. The van der Waals surface area contributed by atoms with Gasteiger partial charge in [-0.15, -0.1) is 0 Å². The molecule has 0 fully saturated rings. The number of carbonyl (C=O) groups is 2. The number of halogens is 2. The van der Waals surface area contributed by atoms with Gasteiger partial charge in [0.25, 0.3) is 5.76 Å². The second-order valence-electron chi connectivity index (χ2n) is 4.49. The van der Waals surface area contributed by atoms with Crippen LogP contribution in [-0.2, 0) is 4.79 Å². The van der Waals surface area contributed by atoms with Gasteiger partial charge in [-0.25, -0.2) is 4.79 Å². The molecule has 1 rings (SSSR count). The van der Waals surface area contributed by atoms with Crippen LogP contribution in [0.5, 0.6) is 0 Å². The summed E-state index contributed by atoms with van der Waals surface area (Å²) in [5.74, 6) is -2.88. The smallest absolute Gasteiger partial charge is 0.319 e. The maximum absolute atomic E-state index is 12.5. The molecule has 8 heteroatoms. The first-order valence-corrected chi connectivity index (χ1v) is 7.71. The van der Waals surface area contributed by atoms with E-state index in [1.54, 1.807) is 19.1 Å². The van der Waals surface area contributed by atoms with Crippen molar-refractivity contribution in [2.75, 3.05) is 11.9 Å². The van der Waals surface area contributed by atoms with Crippen molar-refractivity contribution in [3.8, 4) is 0 Å². The van der Waals surface area contributed by atoms with Crippen molar-refractivity contribution in [3.05, 3.63) is 24.3 Å². The lowest BCUT2D eigenvalue weighted by Gasteiger charge is -2.15. The highest BCUT2D eigenvalue weighted by molar-refractivity contribution is 7.99. The first-order chi connectivity index (χ1) is 10.4. The zero-order valence-electron chi connectivity index (χ0n) is 12.4. The molecule has 0 aliphatic rings. The summed E-state index contributed by atoms with van der Waals surface area (Å²) in [7, 11) is 0. The molecule has 5 nitrogen and oxygen atoms in total. The number of thioether (sulfide) groups is 1. The highest BCUT2D eigenvalue weighted by atomic mass is 32.2. The van der Waals surface area contributed by atoms with Gasteiger partial charge in [-0.05, 0) is 25.5 Å². The maximum Gasteiger partial charge on any atom is 0.319 e. The number of urea groups is 1. The number of carbonyl (C=O) groups excluding carboxylic acids is 2. The van der Waals surface area contributed by atoms with Gasteiger partial charge in [0.15, 0.2) is 0 Å². The Morgan fingerprint density at radius 3 is 2.59 bits per heavy atom. The van der Waals surface area contributed by atoms with Crippen molar-refractivity contribution in [2.24, 2.45) is 0 Å². The minimum Gasteiger partial charge on any atom is -0.354 e. The van der Waals surface area contributed by atoms with Crippen LogP contribution in [0.1, 0.15) is 20.3 Å². The number of para-hydroxylation sites is 1. The van der Waals surface area contributed by atoms with Gasteiger partial charge in [-0.3, -0.25) is 4.79 Å². The average Bonchev–Trinajstić information content (AvgIpc) is 2.46. The number of nitrogens with one attached hydrogen (secondary N) is 3. The number of hydrogen-bond donors (Lipinski definition) is 3. The third-order valence-corrected chi connectivity index (χ3v) is 3.43. The molecular formula is C14H19F2N3O2S. The summed E-state index contributed by atoms with van der Waals surface area (Å²) in [5.41, 5.74) is 0.270. The van der Waals surface area contributed by atoms with Crippen molar-refractivity contribution in [3.63, 3.8) is 0 Å². The Bertz CT molecular complexity index is 515. The molecule has 1 aromatic carbocycles. The molecule has 0 aliphatic heterocycles. The Hall–Kier alpha value is -1.83. The molecule has 0 saturated heterocycles. The van der Waals surface area contributed by atoms with E-state index >= 15 is 0 Å². The molecule has 1 aromatic rings. The van der Waals surface area contributed by atoms with Gasteiger partial charge in [0.05, 0.1) is 5.69 Å². The predicted molar refractivity (Wildman–Crippen MR) is 83.2 cm³/mol. The molecule has 1 atom stereocenters. The Kier molecular flexibility index (Phi) is 7.65. The van der Waals surface area contributed by atoms with Crippen LogP contribution in [0.4, 0.5) is 19.3 Å². The highest BCUT2D eigenvalue weighted by Crippen LogP contribution is 2.31. The van der Waals surface area contributed by atoms with Gasteiger partial charge in [0.1, 0.15) is 6.04 Å². The summed E-state index contributed by atoms with van der Waals surface area (Å²) >= 11 is 0.348. The summed E-state index contributed by atoms with van der Waals surface area (Å²) in [6.07, 6.45) is 0.795. The van der Waals surface area contributed by atoms with E-state index < -0.39 is 17.8 Å². The molecule has 0 radical (unpaired) electrons. The molecule has 0 heterocycles. The second-order valence-corrected chi connectivity index (χ2v) is 5.52. The lowest BCUT2D eigenvalue weighted by Crippen LogP contribution is -2.46. The van der Waals surface area contributed by atoms with Crippen LogP contribution in [-0.4, -0.2) is 30.3 Å². The van der Waals surface area contributed by atoms with E-state index in [4.69, 9.17) is 0 Å². The van der Waals surface area contributed by atoms with Gasteiger partial charge < -0.3 is 16.0 Å². The van der Waals surface area contributed by atoms with Crippen molar-refractivity contribution in [2.45, 2.75) is 37.0 Å². The topological polar surface area (TPSA) is 70.2 Å². The largest absolute Gasteiger partial charge is 0.354 e. The zero-order valence-corrected chi connectivity index (χ0v) is 13.2. The van der Waals surface area contributed by atoms with Gasteiger partial charge in [-0.2, -0.15) is 8.78 Å².